The minimum Gasteiger partial charge on any atom is -0.496 e. The van der Waals surface area contributed by atoms with Crippen molar-refractivity contribution >= 4 is 29.1 Å². The number of benzene rings is 1. The van der Waals surface area contributed by atoms with Crippen molar-refractivity contribution in [1.82, 2.24) is 10.6 Å². The van der Waals surface area contributed by atoms with Gasteiger partial charge in [0.05, 0.1) is 29.9 Å². The van der Waals surface area contributed by atoms with Crippen LogP contribution in [0.25, 0.3) is 0 Å². The van der Waals surface area contributed by atoms with Crippen molar-refractivity contribution < 1.29 is 14.3 Å². The van der Waals surface area contributed by atoms with E-state index in [1.54, 1.807) is 0 Å². The number of hydrogen-bond acceptors (Lipinski definition) is 4. The Balaban J connectivity index is 2.00. The summed E-state index contributed by atoms with van der Waals surface area (Å²) in [6, 6.07) is 3.16. The lowest BCUT2D eigenvalue weighted by molar-refractivity contribution is -0.120. The van der Waals surface area contributed by atoms with E-state index in [0.29, 0.717) is 11.4 Å². The second kappa shape index (κ2) is 6.00. The third kappa shape index (κ3) is 3.54. The van der Waals surface area contributed by atoms with Gasteiger partial charge in [-0.05, 0) is 18.9 Å². The van der Waals surface area contributed by atoms with Crippen LogP contribution >= 0.6 is 11.6 Å². The Morgan fingerprint density at radius 1 is 1.45 bits per heavy atom. The Bertz CT molecular complexity index is 544. The van der Waals surface area contributed by atoms with Gasteiger partial charge < -0.3 is 21.1 Å². The molecule has 1 fully saturated rings. The maximum absolute atomic E-state index is 12.0. The number of carbonyl (C=O) groups excluding carboxylic acids is 2. The van der Waals surface area contributed by atoms with Gasteiger partial charge in [0.2, 0.25) is 5.91 Å². The normalized spacial score (nSPS) is 13.7. The Hall–Kier alpha value is -1.95. The quantitative estimate of drug-likeness (QED) is 0.705. The first-order chi connectivity index (χ1) is 9.51. The molecular formula is C13H16ClN3O3. The average Bonchev–Trinajstić information content (AvgIpc) is 3.22. The average molecular weight is 298 g/mol. The lowest BCUT2D eigenvalue weighted by Gasteiger charge is -2.11. The van der Waals surface area contributed by atoms with Crippen molar-refractivity contribution in [3.05, 3.63) is 22.7 Å². The van der Waals surface area contributed by atoms with E-state index in [-0.39, 0.29) is 29.1 Å². The number of halogens is 1. The summed E-state index contributed by atoms with van der Waals surface area (Å²) in [5.74, 6) is -0.331. The number of nitrogens with one attached hydrogen (secondary N) is 2. The fourth-order valence-corrected chi connectivity index (χ4v) is 1.84. The molecule has 0 aliphatic heterocycles. The molecule has 108 valence electrons. The Labute approximate surface area is 121 Å². The SMILES string of the molecule is COc1cc(N)c(Cl)cc1C(=O)NCC(=O)NC1CC1. The Morgan fingerprint density at radius 3 is 2.75 bits per heavy atom. The second-order valence-corrected chi connectivity index (χ2v) is 5.01. The molecule has 7 heteroatoms. The van der Waals surface area contributed by atoms with Gasteiger partial charge in [-0.25, -0.2) is 0 Å². The largest absolute Gasteiger partial charge is 0.496 e. The van der Waals surface area contributed by atoms with Crippen LogP contribution in [0.1, 0.15) is 23.2 Å². The van der Waals surface area contributed by atoms with E-state index >= 15 is 0 Å². The van der Waals surface area contributed by atoms with Crippen LogP contribution in [0.3, 0.4) is 0 Å². The smallest absolute Gasteiger partial charge is 0.255 e. The highest BCUT2D eigenvalue weighted by Crippen LogP contribution is 2.28. The number of nitrogens with two attached hydrogens (primary N) is 1. The summed E-state index contributed by atoms with van der Waals surface area (Å²) in [7, 11) is 1.43. The van der Waals surface area contributed by atoms with Gasteiger partial charge in [0.15, 0.2) is 0 Å². The van der Waals surface area contributed by atoms with Crippen molar-refractivity contribution in [2.45, 2.75) is 18.9 Å². The highest BCUT2D eigenvalue weighted by atomic mass is 35.5. The van der Waals surface area contributed by atoms with E-state index < -0.39 is 5.91 Å². The van der Waals surface area contributed by atoms with Crippen LogP contribution in [0.15, 0.2) is 12.1 Å². The summed E-state index contributed by atoms with van der Waals surface area (Å²) in [6.45, 7) is -0.0829. The summed E-state index contributed by atoms with van der Waals surface area (Å²) in [5.41, 5.74) is 6.21. The number of ether oxygens (including phenoxy) is 1. The predicted octanol–water partition coefficient (Wildman–Crippen LogP) is 0.939. The molecule has 1 aromatic rings. The van der Waals surface area contributed by atoms with Crippen LogP contribution in [-0.4, -0.2) is 31.5 Å². The zero-order valence-electron chi connectivity index (χ0n) is 11.0. The minimum atomic E-state index is -0.435. The fourth-order valence-electron chi connectivity index (χ4n) is 1.68. The molecule has 0 aromatic heterocycles. The maximum Gasteiger partial charge on any atom is 0.255 e. The van der Waals surface area contributed by atoms with E-state index in [0.717, 1.165) is 12.8 Å². The molecule has 0 bridgehead atoms. The predicted molar refractivity (Wildman–Crippen MR) is 75.9 cm³/mol. The molecule has 1 saturated carbocycles. The number of nitrogen functional groups attached to an aromatic ring is 1. The van der Waals surface area contributed by atoms with Gasteiger partial charge in [-0.1, -0.05) is 11.6 Å². The molecule has 0 unspecified atom stereocenters. The molecule has 20 heavy (non-hydrogen) atoms. The van der Waals surface area contributed by atoms with Gasteiger partial charge in [-0.15, -0.1) is 0 Å². The molecular weight excluding hydrogens is 282 g/mol. The van der Waals surface area contributed by atoms with Gasteiger partial charge in [-0.3, -0.25) is 9.59 Å². The molecule has 2 rings (SSSR count). The fraction of sp³-hybridized carbons (Fsp3) is 0.385. The van der Waals surface area contributed by atoms with Gasteiger partial charge >= 0.3 is 0 Å². The Morgan fingerprint density at radius 2 is 2.15 bits per heavy atom. The summed E-state index contributed by atoms with van der Waals surface area (Å²) in [6.07, 6.45) is 2.00. The number of amides is 2. The molecule has 0 atom stereocenters. The van der Waals surface area contributed by atoms with Gasteiger partial charge in [0.1, 0.15) is 5.75 Å². The summed E-state index contributed by atoms with van der Waals surface area (Å²) in [4.78, 5) is 23.5. The second-order valence-electron chi connectivity index (χ2n) is 4.60. The number of rotatable bonds is 5. The number of hydrogen-bond donors (Lipinski definition) is 3. The minimum absolute atomic E-state index is 0.0829. The van der Waals surface area contributed by atoms with Crippen LogP contribution < -0.4 is 21.1 Å². The highest BCUT2D eigenvalue weighted by Gasteiger charge is 2.23. The molecule has 0 saturated heterocycles. The van der Waals surface area contributed by atoms with Crippen LogP contribution in [0.2, 0.25) is 5.02 Å². The third-order valence-corrected chi connectivity index (χ3v) is 3.24. The number of carbonyl (C=O) groups is 2. The van der Waals surface area contributed by atoms with E-state index in [9.17, 15) is 9.59 Å². The van der Waals surface area contributed by atoms with Gasteiger partial charge in [0, 0.05) is 12.1 Å². The first kappa shape index (κ1) is 14.5. The van der Waals surface area contributed by atoms with Crippen molar-refractivity contribution in [3.63, 3.8) is 0 Å². The molecule has 1 aliphatic rings. The molecule has 0 heterocycles. The van der Waals surface area contributed by atoms with Crippen molar-refractivity contribution in [3.8, 4) is 5.75 Å². The summed E-state index contributed by atoms with van der Waals surface area (Å²) < 4.78 is 5.08. The highest BCUT2D eigenvalue weighted by molar-refractivity contribution is 6.33. The lowest BCUT2D eigenvalue weighted by atomic mass is 10.1. The number of methoxy groups -OCH3 is 1. The zero-order valence-corrected chi connectivity index (χ0v) is 11.8. The molecule has 2 amide bonds. The van der Waals surface area contributed by atoms with E-state index in [2.05, 4.69) is 10.6 Å². The molecule has 6 nitrogen and oxygen atoms in total. The van der Waals surface area contributed by atoms with E-state index in [1.807, 2.05) is 0 Å². The van der Waals surface area contributed by atoms with Gasteiger partial charge in [-0.2, -0.15) is 0 Å². The first-order valence-electron chi connectivity index (χ1n) is 6.22. The summed E-state index contributed by atoms with van der Waals surface area (Å²) in [5, 5.41) is 5.56. The third-order valence-electron chi connectivity index (χ3n) is 2.92. The topological polar surface area (TPSA) is 93.4 Å². The standard InChI is InChI=1S/C13H16ClN3O3/c1-20-11-5-10(15)9(14)4-8(11)13(19)16-6-12(18)17-7-2-3-7/h4-5,7H,2-3,6,15H2,1H3,(H,16,19)(H,17,18). The lowest BCUT2D eigenvalue weighted by Crippen LogP contribution is -2.37. The Kier molecular flexibility index (Phi) is 4.34. The van der Waals surface area contributed by atoms with Crippen LogP contribution in [0.5, 0.6) is 5.75 Å². The molecule has 0 spiro atoms. The van der Waals surface area contributed by atoms with Crippen LogP contribution in [-0.2, 0) is 4.79 Å². The van der Waals surface area contributed by atoms with Crippen LogP contribution in [0.4, 0.5) is 5.69 Å². The zero-order chi connectivity index (χ0) is 14.7. The van der Waals surface area contributed by atoms with E-state index in [4.69, 9.17) is 22.1 Å². The van der Waals surface area contributed by atoms with Crippen molar-refractivity contribution in [2.75, 3.05) is 19.4 Å². The van der Waals surface area contributed by atoms with Crippen molar-refractivity contribution in [2.24, 2.45) is 0 Å². The van der Waals surface area contributed by atoms with Crippen molar-refractivity contribution in [1.29, 1.82) is 0 Å². The molecule has 0 radical (unpaired) electrons. The van der Waals surface area contributed by atoms with Gasteiger partial charge in [0.25, 0.3) is 5.91 Å². The van der Waals surface area contributed by atoms with E-state index in [1.165, 1.54) is 19.2 Å². The van der Waals surface area contributed by atoms with Crippen LogP contribution in [0, 0.1) is 0 Å². The number of anilines is 1. The molecule has 1 aliphatic carbocycles. The summed E-state index contributed by atoms with van der Waals surface area (Å²) >= 11 is 5.89. The monoisotopic (exact) mass is 297 g/mol. The molecule has 1 aromatic carbocycles. The first-order valence-corrected chi connectivity index (χ1v) is 6.59. The molecule has 4 N–H and O–H groups in total. The maximum atomic E-state index is 12.0.